The highest BCUT2D eigenvalue weighted by Gasteiger charge is 2.20. The number of carbonyl (C=O) groups excluding carboxylic acids is 1. The molecule has 0 unspecified atom stereocenters. The first-order valence-electron chi connectivity index (χ1n) is 5.75. The van der Waals surface area contributed by atoms with Gasteiger partial charge in [-0.15, -0.1) is 0 Å². The van der Waals surface area contributed by atoms with Crippen LogP contribution in [0.2, 0.25) is 0 Å². The quantitative estimate of drug-likeness (QED) is 0.596. The zero-order valence-electron chi connectivity index (χ0n) is 10.4. The molecule has 4 heteroatoms. The van der Waals surface area contributed by atoms with Crippen molar-refractivity contribution in [2.75, 3.05) is 26.2 Å². The van der Waals surface area contributed by atoms with E-state index in [1.165, 1.54) is 5.57 Å². The van der Waals surface area contributed by atoms with Gasteiger partial charge in [-0.3, -0.25) is 4.79 Å². The lowest BCUT2D eigenvalue weighted by Gasteiger charge is -2.25. The Morgan fingerprint density at radius 2 is 2.12 bits per heavy atom. The van der Waals surface area contributed by atoms with Crippen LogP contribution in [-0.4, -0.2) is 37.3 Å². The summed E-state index contributed by atoms with van der Waals surface area (Å²) in [6.07, 6.45) is 0.699. The van der Waals surface area contributed by atoms with Crippen LogP contribution < -0.4 is 10.6 Å². The first-order valence-corrected chi connectivity index (χ1v) is 5.75. The first-order chi connectivity index (χ1) is 7.46. The third-order valence-electron chi connectivity index (χ3n) is 3.06. The molecule has 0 spiro atoms. The highest BCUT2D eigenvalue weighted by Crippen LogP contribution is 2.18. The van der Waals surface area contributed by atoms with Crippen molar-refractivity contribution in [2.24, 2.45) is 5.41 Å². The van der Waals surface area contributed by atoms with Crippen molar-refractivity contribution < 1.29 is 9.90 Å². The van der Waals surface area contributed by atoms with Crippen molar-refractivity contribution in [3.8, 4) is 0 Å². The molecule has 1 aliphatic rings. The van der Waals surface area contributed by atoms with Gasteiger partial charge in [0.25, 0.3) is 0 Å². The number of carbonyl (C=O) groups is 1. The van der Waals surface area contributed by atoms with Crippen molar-refractivity contribution in [1.29, 1.82) is 0 Å². The van der Waals surface area contributed by atoms with Crippen LogP contribution in [-0.2, 0) is 4.79 Å². The van der Waals surface area contributed by atoms with Crippen molar-refractivity contribution in [2.45, 2.75) is 27.2 Å². The predicted molar refractivity (Wildman–Crippen MR) is 64.1 cm³/mol. The molecule has 0 aromatic rings. The van der Waals surface area contributed by atoms with Gasteiger partial charge in [-0.1, -0.05) is 13.8 Å². The van der Waals surface area contributed by atoms with Crippen molar-refractivity contribution in [3.63, 3.8) is 0 Å². The molecule has 1 fully saturated rings. The van der Waals surface area contributed by atoms with E-state index in [9.17, 15) is 4.79 Å². The average molecular weight is 226 g/mol. The summed E-state index contributed by atoms with van der Waals surface area (Å²) in [7, 11) is 0. The molecule has 0 aromatic carbocycles. The summed E-state index contributed by atoms with van der Waals surface area (Å²) in [6, 6.07) is 0. The van der Waals surface area contributed by atoms with E-state index in [4.69, 9.17) is 5.11 Å². The Balaban J connectivity index is 2.40. The third-order valence-corrected chi connectivity index (χ3v) is 3.06. The minimum absolute atomic E-state index is 0.0162. The number of hydrogen-bond acceptors (Lipinski definition) is 3. The van der Waals surface area contributed by atoms with Crippen LogP contribution in [0.4, 0.5) is 0 Å². The summed E-state index contributed by atoms with van der Waals surface area (Å²) in [5, 5.41) is 14.9. The molecule has 1 amide bonds. The van der Waals surface area contributed by atoms with Gasteiger partial charge < -0.3 is 15.7 Å². The van der Waals surface area contributed by atoms with E-state index >= 15 is 0 Å². The SMILES string of the molecule is CC(C(=O)NCC(C)(C)CCO)=C1CNC1. The van der Waals surface area contributed by atoms with E-state index < -0.39 is 0 Å². The zero-order chi connectivity index (χ0) is 12.2. The summed E-state index contributed by atoms with van der Waals surface area (Å²) >= 11 is 0. The second-order valence-corrected chi connectivity index (χ2v) is 5.15. The Morgan fingerprint density at radius 3 is 2.56 bits per heavy atom. The maximum atomic E-state index is 11.8. The molecular weight excluding hydrogens is 204 g/mol. The van der Waals surface area contributed by atoms with E-state index in [0.29, 0.717) is 13.0 Å². The summed E-state index contributed by atoms with van der Waals surface area (Å²) in [6.45, 7) is 8.37. The highest BCUT2D eigenvalue weighted by molar-refractivity contribution is 5.93. The van der Waals surface area contributed by atoms with Gasteiger partial charge in [-0.25, -0.2) is 0 Å². The average Bonchev–Trinajstić information content (AvgIpc) is 2.11. The minimum Gasteiger partial charge on any atom is -0.396 e. The van der Waals surface area contributed by atoms with Gasteiger partial charge in [0, 0.05) is 31.8 Å². The van der Waals surface area contributed by atoms with Gasteiger partial charge in [0.2, 0.25) is 5.91 Å². The number of nitrogens with one attached hydrogen (secondary N) is 2. The molecule has 16 heavy (non-hydrogen) atoms. The van der Waals surface area contributed by atoms with Gasteiger partial charge in [0.1, 0.15) is 0 Å². The Morgan fingerprint density at radius 1 is 1.50 bits per heavy atom. The molecule has 0 saturated carbocycles. The summed E-state index contributed by atoms with van der Waals surface area (Å²) < 4.78 is 0. The molecular formula is C12H22N2O2. The van der Waals surface area contributed by atoms with Gasteiger partial charge in [-0.2, -0.15) is 0 Å². The van der Waals surface area contributed by atoms with Crippen LogP contribution in [0.5, 0.6) is 0 Å². The summed E-state index contributed by atoms with van der Waals surface area (Å²) in [5.41, 5.74) is 1.98. The molecule has 1 saturated heterocycles. The van der Waals surface area contributed by atoms with Gasteiger partial charge in [0.05, 0.1) is 0 Å². The number of hydrogen-bond donors (Lipinski definition) is 3. The lowest BCUT2D eigenvalue weighted by molar-refractivity contribution is -0.118. The molecule has 3 N–H and O–H groups in total. The molecule has 0 bridgehead atoms. The molecule has 0 aromatic heterocycles. The second-order valence-electron chi connectivity index (χ2n) is 5.15. The standard InChI is InChI=1S/C12H22N2O2/c1-9(10-6-13-7-10)11(16)14-8-12(2,3)4-5-15/h13,15H,4-8H2,1-3H3,(H,14,16). The van der Waals surface area contributed by atoms with Crippen LogP contribution in [0.3, 0.4) is 0 Å². The lowest BCUT2D eigenvalue weighted by atomic mass is 9.89. The predicted octanol–water partition coefficient (Wildman–Crippen LogP) is 0.431. The molecule has 1 rings (SSSR count). The fourth-order valence-corrected chi connectivity index (χ4v) is 1.52. The molecule has 0 aliphatic carbocycles. The molecule has 1 heterocycles. The smallest absolute Gasteiger partial charge is 0.246 e. The topological polar surface area (TPSA) is 61.4 Å². The lowest BCUT2D eigenvalue weighted by Crippen LogP contribution is -2.39. The number of aliphatic hydroxyl groups is 1. The summed E-state index contributed by atoms with van der Waals surface area (Å²) in [4.78, 5) is 11.8. The van der Waals surface area contributed by atoms with Crippen LogP contribution in [0.15, 0.2) is 11.1 Å². The molecule has 4 nitrogen and oxygen atoms in total. The fraction of sp³-hybridized carbons (Fsp3) is 0.750. The van der Waals surface area contributed by atoms with Crippen LogP contribution in [0.25, 0.3) is 0 Å². The molecule has 1 aliphatic heterocycles. The fourth-order valence-electron chi connectivity index (χ4n) is 1.52. The summed E-state index contributed by atoms with van der Waals surface area (Å²) in [5.74, 6) is 0.0162. The minimum atomic E-state index is -0.0484. The monoisotopic (exact) mass is 226 g/mol. The highest BCUT2D eigenvalue weighted by atomic mass is 16.3. The first kappa shape index (κ1) is 13.2. The Hall–Kier alpha value is -0.870. The maximum Gasteiger partial charge on any atom is 0.246 e. The van der Waals surface area contributed by atoms with Crippen molar-refractivity contribution in [3.05, 3.63) is 11.1 Å². The Labute approximate surface area is 97.1 Å². The largest absolute Gasteiger partial charge is 0.396 e. The maximum absolute atomic E-state index is 11.8. The van der Waals surface area contributed by atoms with E-state index in [2.05, 4.69) is 10.6 Å². The molecule has 0 atom stereocenters. The molecule has 0 radical (unpaired) electrons. The van der Waals surface area contributed by atoms with E-state index in [0.717, 1.165) is 18.7 Å². The number of aliphatic hydroxyl groups excluding tert-OH is 1. The third kappa shape index (κ3) is 3.61. The van der Waals surface area contributed by atoms with E-state index in [1.54, 1.807) is 0 Å². The van der Waals surface area contributed by atoms with Gasteiger partial charge in [-0.05, 0) is 24.3 Å². The Bertz CT molecular complexity index is 289. The second kappa shape index (κ2) is 5.46. The van der Waals surface area contributed by atoms with E-state index in [-0.39, 0.29) is 17.9 Å². The number of rotatable bonds is 5. The van der Waals surface area contributed by atoms with Crippen LogP contribution in [0, 0.1) is 5.41 Å². The van der Waals surface area contributed by atoms with Crippen molar-refractivity contribution in [1.82, 2.24) is 10.6 Å². The zero-order valence-corrected chi connectivity index (χ0v) is 10.4. The van der Waals surface area contributed by atoms with Crippen LogP contribution >= 0.6 is 0 Å². The Kier molecular flexibility index (Phi) is 4.50. The van der Waals surface area contributed by atoms with Crippen LogP contribution in [0.1, 0.15) is 27.2 Å². The van der Waals surface area contributed by atoms with E-state index in [1.807, 2.05) is 20.8 Å². The number of amides is 1. The normalized spacial score (nSPS) is 15.6. The molecule has 92 valence electrons. The van der Waals surface area contributed by atoms with Gasteiger partial charge >= 0.3 is 0 Å². The van der Waals surface area contributed by atoms with Crippen molar-refractivity contribution >= 4 is 5.91 Å². The van der Waals surface area contributed by atoms with Gasteiger partial charge in [0.15, 0.2) is 0 Å².